The summed E-state index contributed by atoms with van der Waals surface area (Å²) in [5.74, 6) is -0.366. The molecule has 90 valence electrons. The number of rotatable bonds is 5. The summed E-state index contributed by atoms with van der Waals surface area (Å²) in [6.07, 6.45) is 3.14. The van der Waals surface area contributed by atoms with Crippen LogP contribution in [0, 0.1) is 0 Å². The van der Waals surface area contributed by atoms with E-state index < -0.39 is 6.04 Å². The summed E-state index contributed by atoms with van der Waals surface area (Å²) in [5.41, 5.74) is 0.887. The summed E-state index contributed by atoms with van der Waals surface area (Å²) >= 11 is 5.75. The number of benzene rings is 1. The molecule has 0 aliphatic rings. The van der Waals surface area contributed by atoms with Gasteiger partial charge in [0.05, 0.1) is 0 Å². The van der Waals surface area contributed by atoms with Gasteiger partial charge >= 0.3 is 5.97 Å². The van der Waals surface area contributed by atoms with E-state index in [1.165, 1.54) is 6.08 Å². The zero-order valence-electron chi connectivity index (χ0n) is 9.60. The zero-order chi connectivity index (χ0) is 12.7. The molecular weight excluding hydrogens is 238 g/mol. The Bertz CT molecular complexity index is 412. The second kappa shape index (κ2) is 6.86. The first-order valence-corrected chi connectivity index (χ1v) is 5.57. The molecule has 0 N–H and O–H groups in total. The summed E-state index contributed by atoms with van der Waals surface area (Å²) in [4.78, 5) is 15.5. The van der Waals surface area contributed by atoms with Crippen LogP contribution in [0.1, 0.15) is 12.5 Å². The Morgan fingerprint density at radius 3 is 2.76 bits per heavy atom. The van der Waals surface area contributed by atoms with Crippen molar-refractivity contribution < 1.29 is 9.53 Å². The number of carbonyl (C=O) groups is 1. The minimum absolute atomic E-state index is 0.208. The van der Waals surface area contributed by atoms with Crippen LogP contribution in [-0.2, 0) is 9.53 Å². The van der Waals surface area contributed by atoms with Gasteiger partial charge in [-0.05, 0) is 24.6 Å². The van der Waals surface area contributed by atoms with Gasteiger partial charge in [0, 0.05) is 11.2 Å². The van der Waals surface area contributed by atoms with Crippen LogP contribution in [0.4, 0.5) is 0 Å². The molecule has 0 radical (unpaired) electrons. The Morgan fingerprint density at radius 2 is 2.18 bits per heavy atom. The van der Waals surface area contributed by atoms with Crippen LogP contribution in [0.15, 0.2) is 41.9 Å². The van der Waals surface area contributed by atoms with Crippen LogP contribution in [0.25, 0.3) is 0 Å². The first-order chi connectivity index (χ1) is 8.13. The van der Waals surface area contributed by atoms with Crippen molar-refractivity contribution in [1.29, 1.82) is 0 Å². The van der Waals surface area contributed by atoms with Gasteiger partial charge < -0.3 is 4.74 Å². The van der Waals surface area contributed by atoms with Crippen molar-refractivity contribution in [2.24, 2.45) is 4.99 Å². The van der Waals surface area contributed by atoms with E-state index in [0.717, 1.165) is 5.56 Å². The number of aliphatic imine (C=N–C) groups is 1. The van der Waals surface area contributed by atoms with E-state index in [4.69, 9.17) is 16.3 Å². The summed E-state index contributed by atoms with van der Waals surface area (Å²) in [7, 11) is 0. The third-order valence-electron chi connectivity index (χ3n) is 2.00. The lowest BCUT2D eigenvalue weighted by Crippen LogP contribution is -2.18. The van der Waals surface area contributed by atoms with E-state index in [1.54, 1.807) is 25.3 Å². The average molecular weight is 252 g/mol. The molecule has 0 heterocycles. The van der Waals surface area contributed by atoms with Gasteiger partial charge in [-0.3, -0.25) is 4.99 Å². The highest BCUT2D eigenvalue weighted by molar-refractivity contribution is 6.30. The number of nitrogens with zero attached hydrogens (tertiary/aromatic N) is 1. The van der Waals surface area contributed by atoms with Gasteiger partial charge in [-0.2, -0.15) is 0 Å². The standard InChI is InChI=1S/C13H14ClNO2/c1-3-8-17-13(16)10(2)15-9-11-4-6-12(14)7-5-11/h3-7,9-10H,1,8H2,2H3/b15-9+. The lowest BCUT2D eigenvalue weighted by atomic mass is 10.2. The number of hydrogen-bond acceptors (Lipinski definition) is 3. The second-order valence-corrected chi connectivity index (χ2v) is 3.86. The fourth-order valence-corrected chi connectivity index (χ4v) is 1.20. The zero-order valence-corrected chi connectivity index (χ0v) is 10.4. The highest BCUT2D eigenvalue weighted by Gasteiger charge is 2.10. The molecule has 0 amide bonds. The molecule has 4 heteroatoms. The maximum Gasteiger partial charge on any atom is 0.330 e. The maximum atomic E-state index is 11.4. The topological polar surface area (TPSA) is 38.7 Å². The molecule has 0 aliphatic carbocycles. The molecule has 0 bridgehead atoms. The van der Waals surface area contributed by atoms with Crippen LogP contribution >= 0.6 is 11.6 Å². The van der Waals surface area contributed by atoms with Gasteiger partial charge in [0.1, 0.15) is 12.6 Å². The van der Waals surface area contributed by atoms with Gasteiger partial charge in [-0.15, -0.1) is 0 Å². The Kier molecular flexibility index (Phi) is 5.43. The molecule has 0 aliphatic heterocycles. The van der Waals surface area contributed by atoms with Crippen LogP contribution in [0.5, 0.6) is 0 Å². The maximum absolute atomic E-state index is 11.4. The molecule has 1 atom stereocenters. The van der Waals surface area contributed by atoms with Gasteiger partial charge in [0.2, 0.25) is 0 Å². The summed E-state index contributed by atoms with van der Waals surface area (Å²) in [6, 6.07) is 6.67. The van der Waals surface area contributed by atoms with Crippen molar-refractivity contribution in [3.8, 4) is 0 Å². The Balaban J connectivity index is 2.55. The number of hydrogen-bond donors (Lipinski definition) is 0. The molecule has 0 saturated heterocycles. The van der Waals surface area contributed by atoms with Crippen LogP contribution in [-0.4, -0.2) is 24.8 Å². The van der Waals surface area contributed by atoms with E-state index in [9.17, 15) is 4.79 Å². The molecule has 0 fully saturated rings. The molecule has 0 saturated carbocycles. The average Bonchev–Trinajstić information content (AvgIpc) is 2.34. The summed E-state index contributed by atoms with van der Waals surface area (Å²) < 4.78 is 4.87. The van der Waals surface area contributed by atoms with Crippen LogP contribution in [0.2, 0.25) is 5.02 Å². The van der Waals surface area contributed by atoms with E-state index >= 15 is 0 Å². The highest BCUT2D eigenvalue weighted by atomic mass is 35.5. The predicted molar refractivity (Wildman–Crippen MR) is 69.7 cm³/mol. The minimum Gasteiger partial charge on any atom is -0.460 e. The van der Waals surface area contributed by atoms with Gasteiger partial charge in [-0.25, -0.2) is 4.79 Å². The Morgan fingerprint density at radius 1 is 1.53 bits per heavy atom. The fourth-order valence-electron chi connectivity index (χ4n) is 1.07. The first kappa shape index (κ1) is 13.5. The van der Waals surface area contributed by atoms with Crippen LogP contribution in [0.3, 0.4) is 0 Å². The van der Waals surface area contributed by atoms with E-state index in [-0.39, 0.29) is 12.6 Å². The monoisotopic (exact) mass is 251 g/mol. The Labute approximate surface area is 106 Å². The normalized spacial score (nSPS) is 12.4. The molecule has 3 nitrogen and oxygen atoms in total. The molecule has 1 aromatic carbocycles. The SMILES string of the molecule is C=CCOC(=O)C(C)/N=C/c1ccc(Cl)cc1. The van der Waals surface area contributed by atoms with Crippen molar-refractivity contribution in [2.75, 3.05) is 6.61 Å². The summed E-state index contributed by atoms with van der Waals surface area (Å²) in [6.45, 7) is 5.35. The van der Waals surface area contributed by atoms with Gasteiger partial charge in [0.25, 0.3) is 0 Å². The molecule has 1 aromatic rings. The molecule has 1 rings (SSSR count). The predicted octanol–water partition coefficient (Wildman–Crippen LogP) is 2.88. The number of halogens is 1. The lowest BCUT2D eigenvalue weighted by Gasteiger charge is -2.05. The van der Waals surface area contributed by atoms with Crippen molar-refractivity contribution in [2.45, 2.75) is 13.0 Å². The third kappa shape index (κ3) is 4.83. The Hall–Kier alpha value is -1.61. The largest absolute Gasteiger partial charge is 0.460 e. The van der Waals surface area contributed by atoms with Crippen LogP contribution < -0.4 is 0 Å². The molecule has 1 unspecified atom stereocenters. The summed E-state index contributed by atoms with van der Waals surface area (Å²) in [5, 5.41) is 0.667. The second-order valence-electron chi connectivity index (χ2n) is 3.42. The van der Waals surface area contributed by atoms with E-state index in [0.29, 0.717) is 5.02 Å². The fraction of sp³-hybridized carbons (Fsp3) is 0.231. The lowest BCUT2D eigenvalue weighted by molar-refractivity contribution is -0.143. The quantitative estimate of drug-likeness (QED) is 0.459. The smallest absolute Gasteiger partial charge is 0.330 e. The number of ether oxygens (including phenoxy) is 1. The molecule has 17 heavy (non-hydrogen) atoms. The van der Waals surface area contributed by atoms with Gasteiger partial charge in [0.15, 0.2) is 0 Å². The molecule has 0 aromatic heterocycles. The highest BCUT2D eigenvalue weighted by Crippen LogP contribution is 2.08. The van der Waals surface area contributed by atoms with Crippen molar-refractivity contribution in [3.05, 3.63) is 47.5 Å². The van der Waals surface area contributed by atoms with E-state index in [1.807, 2.05) is 12.1 Å². The molecule has 0 spiro atoms. The number of carbonyl (C=O) groups excluding carboxylic acids is 1. The van der Waals surface area contributed by atoms with Crippen molar-refractivity contribution in [1.82, 2.24) is 0 Å². The molecular formula is C13H14ClNO2. The van der Waals surface area contributed by atoms with E-state index in [2.05, 4.69) is 11.6 Å². The van der Waals surface area contributed by atoms with Crippen molar-refractivity contribution in [3.63, 3.8) is 0 Å². The number of esters is 1. The van der Waals surface area contributed by atoms with Gasteiger partial charge in [-0.1, -0.05) is 36.4 Å². The third-order valence-corrected chi connectivity index (χ3v) is 2.25. The first-order valence-electron chi connectivity index (χ1n) is 5.19. The minimum atomic E-state index is -0.523. The van der Waals surface area contributed by atoms with Crippen molar-refractivity contribution >= 4 is 23.8 Å².